The zero-order valence-corrected chi connectivity index (χ0v) is 16.1. The topological polar surface area (TPSA) is 60.5 Å². The van der Waals surface area contributed by atoms with E-state index in [1.165, 1.54) is 11.3 Å². The van der Waals surface area contributed by atoms with Crippen LogP contribution in [0.3, 0.4) is 0 Å². The van der Waals surface area contributed by atoms with Gasteiger partial charge in [0.2, 0.25) is 0 Å². The molecule has 0 saturated carbocycles. The molecule has 1 N–H and O–H groups in total. The average Bonchev–Trinajstić information content (AvgIpc) is 3.01. The number of aryl methyl sites for hydroxylation is 1. The lowest BCUT2D eigenvalue weighted by Gasteiger charge is -2.08. The predicted molar refractivity (Wildman–Crippen MR) is 105 cm³/mol. The maximum absolute atomic E-state index is 12.4. The number of nitrogens with zero attached hydrogens (tertiary/aromatic N) is 1. The summed E-state index contributed by atoms with van der Waals surface area (Å²) in [5.41, 5.74) is 2.08. The van der Waals surface area contributed by atoms with Crippen LogP contribution in [0.25, 0.3) is 11.3 Å². The third kappa shape index (κ3) is 3.66. The zero-order valence-electron chi connectivity index (χ0n) is 14.5. The maximum atomic E-state index is 12.4. The Hall–Kier alpha value is -2.57. The molecule has 2 aromatic carbocycles. The van der Waals surface area contributed by atoms with Gasteiger partial charge in [0.25, 0.3) is 5.91 Å². The number of amides is 1. The number of aromatic nitrogens is 1. The largest absolute Gasteiger partial charge is 0.493 e. The highest BCUT2D eigenvalue weighted by Crippen LogP contribution is 2.36. The fraction of sp³-hybridized carbons (Fsp3) is 0.158. The van der Waals surface area contributed by atoms with E-state index in [-0.39, 0.29) is 5.91 Å². The highest BCUT2D eigenvalue weighted by Gasteiger charge is 2.16. The molecule has 134 valence electrons. The summed E-state index contributed by atoms with van der Waals surface area (Å²) in [4.78, 5) is 17.9. The Morgan fingerprint density at radius 3 is 2.54 bits per heavy atom. The van der Waals surface area contributed by atoms with Crippen molar-refractivity contribution in [2.45, 2.75) is 6.92 Å². The van der Waals surface area contributed by atoms with E-state index in [1.54, 1.807) is 38.5 Å². The summed E-state index contributed by atoms with van der Waals surface area (Å²) in [6, 6.07) is 12.5. The summed E-state index contributed by atoms with van der Waals surface area (Å²) in [5, 5.41) is 3.72. The quantitative estimate of drug-likeness (QED) is 0.665. The van der Waals surface area contributed by atoms with Crippen LogP contribution in [-0.2, 0) is 0 Å². The Morgan fingerprint density at radius 2 is 1.85 bits per heavy atom. The predicted octanol–water partition coefficient (Wildman–Crippen LogP) is 5.04. The van der Waals surface area contributed by atoms with Gasteiger partial charge in [-0.25, -0.2) is 4.98 Å². The van der Waals surface area contributed by atoms with Gasteiger partial charge in [-0.15, -0.1) is 11.3 Å². The summed E-state index contributed by atoms with van der Waals surface area (Å²) in [6.45, 7) is 1.95. The molecule has 0 radical (unpaired) electrons. The van der Waals surface area contributed by atoms with Crippen molar-refractivity contribution >= 4 is 34.0 Å². The first-order chi connectivity index (χ1) is 12.5. The first-order valence-electron chi connectivity index (χ1n) is 7.79. The number of halogens is 1. The van der Waals surface area contributed by atoms with E-state index in [2.05, 4.69) is 10.3 Å². The lowest BCUT2D eigenvalue weighted by Crippen LogP contribution is -2.12. The van der Waals surface area contributed by atoms with Gasteiger partial charge >= 0.3 is 0 Å². The van der Waals surface area contributed by atoms with Crippen molar-refractivity contribution in [3.05, 3.63) is 57.9 Å². The number of benzene rings is 2. The molecule has 0 spiro atoms. The van der Waals surface area contributed by atoms with Crippen LogP contribution in [0.1, 0.15) is 15.2 Å². The number of nitrogens with one attached hydrogen (secondary N) is 1. The van der Waals surface area contributed by atoms with Crippen molar-refractivity contribution in [3.63, 3.8) is 0 Å². The second kappa shape index (κ2) is 7.76. The fourth-order valence-corrected chi connectivity index (χ4v) is 3.56. The molecule has 3 rings (SSSR count). The van der Waals surface area contributed by atoms with Gasteiger partial charge in [0, 0.05) is 10.4 Å². The number of carbonyl (C=O) groups excluding carboxylic acids is 1. The van der Waals surface area contributed by atoms with Gasteiger partial charge in [0.15, 0.2) is 16.6 Å². The third-order valence-corrected chi connectivity index (χ3v) is 5.01. The molecule has 1 amide bonds. The van der Waals surface area contributed by atoms with Crippen LogP contribution >= 0.6 is 22.9 Å². The van der Waals surface area contributed by atoms with Crippen LogP contribution in [0.5, 0.6) is 11.5 Å². The van der Waals surface area contributed by atoms with Gasteiger partial charge in [-0.3, -0.25) is 10.1 Å². The first-order valence-corrected chi connectivity index (χ1v) is 8.98. The second-order valence-corrected chi connectivity index (χ2v) is 7.04. The fourth-order valence-electron chi connectivity index (χ4n) is 2.51. The Morgan fingerprint density at radius 1 is 1.12 bits per heavy atom. The highest BCUT2D eigenvalue weighted by molar-refractivity contribution is 7.16. The molecule has 0 saturated heterocycles. The number of anilines is 1. The summed E-state index contributed by atoms with van der Waals surface area (Å²) < 4.78 is 10.6. The van der Waals surface area contributed by atoms with Crippen molar-refractivity contribution in [1.82, 2.24) is 4.98 Å². The van der Waals surface area contributed by atoms with Crippen molar-refractivity contribution in [1.29, 1.82) is 0 Å². The summed E-state index contributed by atoms with van der Waals surface area (Å²) in [6.07, 6.45) is 0. The van der Waals surface area contributed by atoms with E-state index < -0.39 is 0 Å². The molecule has 7 heteroatoms. The Balaban J connectivity index is 1.88. The van der Waals surface area contributed by atoms with Gasteiger partial charge in [-0.2, -0.15) is 0 Å². The highest BCUT2D eigenvalue weighted by atomic mass is 35.5. The molecule has 0 bridgehead atoms. The number of ether oxygens (including phenoxy) is 2. The molecular weight excluding hydrogens is 372 g/mol. The number of methoxy groups -OCH3 is 2. The van der Waals surface area contributed by atoms with E-state index in [0.29, 0.717) is 27.2 Å². The molecule has 1 aromatic heterocycles. The molecule has 5 nitrogen and oxygen atoms in total. The molecule has 0 aliphatic carbocycles. The molecule has 1 heterocycles. The minimum atomic E-state index is -0.289. The summed E-state index contributed by atoms with van der Waals surface area (Å²) in [7, 11) is 3.18. The maximum Gasteiger partial charge on any atom is 0.258 e. The molecule has 0 aliphatic heterocycles. The molecule has 0 unspecified atom stereocenters. The number of carbonyl (C=O) groups is 1. The third-order valence-electron chi connectivity index (χ3n) is 3.79. The van der Waals surface area contributed by atoms with Crippen LogP contribution in [0.4, 0.5) is 5.13 Å². The van der Waals surface area contributed by atoms with Crippen molar-refractivity contribution < 1.29 is 14.3 Å². The lowest BCUT2D eigenvalue weighted by molar-refractivity contribution is 0.102. The van der Waals surface area contributed by atoms with Crippen molar-refractivity contribution in [2.75, 3.05) is 19.5 Å². The minimum absolute atomic E-state index is 0.289. The summed E-state index contributed by atoms with van der Waals surface area (Å²) >= 11 is 7.48. The van der Waals surface area contributed by atoms with E-state index in [9.17, 15) is 4.79 Å². The van der Waals surface area contributed by atoms with E-state index in [0.717, 1.165) is 16.1 Å². The smallest absolute Gasteiger partial charge is 0.258 e. The molecule has 0 aliphatic rings. The van der Waals surface area contributed by atoms with Crippen LogP contribution in [0, 0.1) is 6.92 Å². The zero-order chi connectivity index (χ0) is 18.7. The minimum Gasteiger partial charge on any atom is -0.493 e. The molecule has 26 heavy (non-hydrogen) atoms. The molecule has 3 aromatic rings. The Kier molecular flexibility index (Phi) is 5.44. The van der Waals surface area contributed by atoms with Gasteiger partial charge in [-0.05, 0) is 37.3 Å². The number of hydrogen-bond acceptors (Lipinski definition) is 5. The molecule has 0 fully saturated rings. The average molecular weight is 389 g/mol. The van der Waals surface area contributed by atoms with Crippen molar-refractivity contribution in [2.24, 2.45) is 0 Å². The monoisotopic (exact) mass is 388 g/mol. The van der Waals surface area contributed by atoms with Crippen LogP contribution in [0.2, 0.25) is 5.02 Å². The van der Waals surface area contributed by atoms with Gasteiger partial charge in [-0.1, -0.05) is 23.7 Å². The second-order valence-electron chi connectivity index (χ2n) is 5.43. The summed E-state index contributed by atoms with van der Waals surface area (Å²) in [5.74, 6) is 0.985. The van der Waals surface area contributed by atoms with Crippen LogP contribution in [-0.4, -0.2) is 25.1 Å². The van der Waals surface area contributed by atoms with E-state index in [4.69, 9.17) is 21.1 Å². The van der Waals surface area contributed by atoms with Gasteiger partial charge in [0.1, 0.15) is 0 Å². The Labute approximate surface area is 160 Å². The van der Waals surface area contributed by atoms with Gasteiger partial charge in [0.05, 0.1) is 30.5 Å². The first kappa shape index (κ1) is 18.2. The van der Waals surface area contributed by atoms with Crippen LogP contribution in [0.15, 0.2) is 42.5 Å². The van der Waals surface area contributed by atoms with Crippen LogP contribution < -0.4 is 14.8 Å². The normalized spacial score (nSPS) is 10.5. The molecule has 0 atom stereocenters. The van der Waals surface area contributed by atoms with E-state index >= 15 is 0 Å². The SMILES string of the molecule is COc1ccc(-c2nc(NC(=O)c3ccccc3Cl)sc2C)cc1OC. The number of thiazole rings is 1. The lowest BCUT2D eigenvalue weighted by atomic mass is 10.1. The Bertz CT molecular complexity index is 956. The number of rotatable bonds is 5. The van der Waals surface area contributed by atoms with E-state index in [1.807, 2.05) is 25.1 Å². The van der Waals surface area contributed by atoms with Crippen molar-refractivity contribution in [3.8, 4) is 22.8 Å². The molecular formula is C19H17ClN2O3S. The standard InChI is InChI=1S/C19H17ClN2O3S/c1-11-17(12-8-9-15(24-2)16(10-12)25-3)21-19(26-11)22-18(23)13-6-4-5-7-14(13)20/h4-10H,1-3H3,(H,21,22,23). The van der Waals surface area contributed by atoms with Gasteiger partial charge < -0.3 is 9.47 Å². The number of hydrogen-bond donors (Lipinski definition) is 1.